The van der Waals surface area contributed by atoms with Gasteiger partial charge in [-0.1, -0.05) is 6.92 Å². The minimum atomic E-state index is -0.482. The molecular formula is C19H25FN4OS. The summed E-state index contributed by atoms with van der Waals surface area (Å²) < 4.78 is 21.4. The molecule has 0 unspecified atom stereocenters. The number of benzene rings is 1. The topological polar surface area (TPSA) is 50.2 Å². The van der Waals surface area contributed by atoms with Crippen LogP contribution in [0.3, 0.4) is 0 Å². The molecule has 1 saturated carbocycles. The smallest absolute Gasteiger partial charge is 0.265 e. The summed E-state index contributed by atoms with van der Waals surface area (Å²) in [5.74, 6) is -0.116. The fourth-order valence-corrected chi connectivity index (χ4v) is 4.55. The SMILES string of the molecule is Cc1nn(C2CCC(C)CC2)c2cc(F)c(C(=O)NSN3CCC3)cc12. The maximum absolute atomic E-state index is 14.7. The molecule has 1 aromatic carbocycles. The number of aromatic nitrogens is 2. The van der Waals surface area contributed by atoms with E-state index in [0.29, 0.717) is 6.04 Å². The second kappa shape index (κ2) is 7.19. The molecule has 0 atom stereocenters. The van der Waals surface area contributed by atoms with Crippen LogP contribution in [0.2, 0.25) is 0 Å². The summed E-state index contributed by atoms with van der Waals surface area (Å²) in [4.78, 5) is 12.4. The van der Waals surface area contributed by atoms with E-state index in [1.807, 2.05) is 15.9 Å². The van der Waals surface area contributed by atoms with E-state index in [0.717, 1.165) is 54.9 Å². The Hall–Kier alpha value is -1.60. The molecule has 7 heteroatoms. The van der Waals surface area contributed by atoms with Gasteiger partial charge in [-0.05, 0) is 51.0 Å². The quantitative estimate of drug-likeness (QED) is 0.811. The summed E-state index contributed by atoms with van der Waals surface area (Å²) in [6, 6.07) is 3.46. The van der Waals surface area contributed by atoms with Gasteiger partial charge in [0, 0.05) is 36.7 Å². The van der Waals surface area contributed by atoms with Crippen molar-refractivity contribution < 1.29 is 9.18 Å². The molecule has 0 spiro atoms. The van der Waals surface area contributed by atoms with Crippen LogP contribution in [0.5, 0.6) is 0 Å². The molecule has 2 fully saturated rings. The highest BCUT2D eigenvalue weighted by Crippen LogP contribution is 2.35. The second-order valence-electron chi connectivity index (χ2n) is 7.60. The van der Waals surface area contributed by atoms with E-state index in [2.05, 4.69) is 16.7 Å². The molecule has 1 aromatic heterocycles. The zero-order chi connectivity index (χ0) is 18.3. The van der Waals surface area contributed by atoms with Gasteiger partial charge in [0.25, 0.3) is 5.91 Å². The fraction of sp³-hybridized carbons (Fsp3) is 0.579. The van der Waals surface area contributed by atoms with Crippen molar-refractivity contribution in [3.05, 3.63) is 29.2 Å². The van der Waals surface area contributed by atoms with E-state index < -0.39 is 5.82 Å². The Morgan fingerprint density at radius 2 is 2.00 bits per heavy atom. The lowest BCUT2D eigenvalue weighted by Gasteiger charge is -2.28. The van der Waals surface area contributed by atoms with Crippen molar-refractivity contribution in [2.75, 3.05) is 13.1 Å². The largest absolute Gasteiger partial charge is 0.283 e. The molecular weight excluding hydrogens is 351 g/mol. The average molecular weight is 377 g/mol. The highest BCUT2D eigenvalue weighted by atomic mass is 32.2. The van der Waals surface area contributed by atoms with Crippen molar-refractivity contribution in [1.29, 1.82) is 0 Å². The molecule has 2 aliphatic rings. The number of carbonyl (C=O) groups is 1. The lowest BCUT2D eigenvalue weighted by molar-refractivity contribution is 0.0978. The third kappa shape index (κ3) is 3.34. The van der Waals surface area contributed by atoms with Gasteiger partial charge in [0.05, 0.1) is 22.8 Å². The number of carbonyl (C=O) groups excluding carboxylic acids is 1. The average Bonchev–Trinajstić information content (AvgIpc) is 2.89. The summed E-state index contributed by atoms with van der Waals surface area (Å²) in [7, 11) is 0. The standard InChI is InChI=1S/C19H25FN4OS/c1-12-4-6-14(7-5-12)24-18-11-17(20)16(10-15(18)13(2)21-24)19(25)22-26-23-8-3-9-23/h10-12,14H,3-9H2,1-2H3,(H,22,25). The van der Waals surface area contributed by atoms with Crippen LogP contribution in [0.15, 0.2) is 12.1 Å². The zero-order valence-corrected chi connectivity index (χ0v) is 16.1. The molecule has 1 saturated heterocycles. The van der Waals surface area contributed by atoms with Crippen molar-refractivity contribution in [2.24, 2.45) is 5.92 Å². The molecule has 4 rings (SSSR count). The van der Waals surface area contributed by atoms with Crippen LogP contribution in [0.4, 0.5) is 4.39 Å². The van der Waals surface area contributed by atoms with Gasteiger partial charge in [0.15, 0.2) is 0 Å². The van der Waals surface area contributed by atoms with Gasteiger partial charge < -0.3 is 0 Å². The Balaban J connectivity index is 1.60. The molecule has 5 nitrogen and oxygen atoms in total. The van der Waals surface area contributed by atoms with Crippen molar-refractivity contribution in [2.45, 2.75) is 52.0 Å². The Labute approximate surface area is 157 Å². The summed E-state index contributed by atoms with van der Waals surface area (Å²) in [6.07, 6.45) is 5.66. The fourth-order valence-electron chi connectivity index (χ4n) is 3.79. The van der Waals surface area contributed by atoms with Gasteiger partial charge in [-0.2, -0.15) is 5.10 Å². The summed E-state index contributed by atoms with van der Waals surface area (Å²) in [6.45, 7) is 6.13. The maximum atomic E-state index is 14.7. The summed E-state index contributed by atoms with van der Waals surface area (Å²) >= 11 is 1.26. The van der Waals surface area contributed by atoms with Crippen LogP contribution < -0.4 is 4.72 Å². The van der Waals surface area contributed by atoms with Gasteiger partial charge in [-0.25, -0.2) is 8.70 Å². The molecule has 1 N–H and O–H groups in total. The van der Waals surface area contributed by atoms with E-state index in [4.69, 9.17) is 0 Å². The zero-order valence-electron chi connectivity index (χ0n) is 15.3. The molecule has 140 valence electrons. The Morgan fingerprint density at radius 1 is 1.27 bits per heavy atom. The van der Waals surface area contributed by atoms with Crippen LogP contribution in [-0.4, -0.2) is 33.1 Å². The number of nitrogens with one attached hydrogen (secondary N) is 1. The van der Waals surface area contributed by atoms with Gasteiger partial charge in [0.1, 0.15) is 5.82 Å². The number of hydrogen-bond donors (Lipinski definition) is 1. The van der Waals surface area contributed by atoms with Crippen LogP contribution in [-0.2, 0) is 0 Å². The lowest BCUT2D eigenvalue weighted by Crippen LogP contribution is -2.35. The van der Waals surface area contributed by atoms with E-state index in [-0.39, 0.29) is 11.5 Å². The first-order valence-electron chi connectivity index (χ1n) is 9.43. The van der Waals surface area contributed by atoms with Gasteiger partial charge in [-0.15, -0.1) is 0 Å². The highest BCUT2D eigenvalue weighted by molar-refractivity contribution is 7.95. The molecule has 0 bridgehead atoms. The van der Waals surface area contributed by atoms with E-state index in [1.165, 1.54) is 31.0 Å². The van der Waals surface area contributed by atoms with E-state index in [1.54, 1.807) is 6.07 Å². The number of aryl methyl sites for hydroxylation is 1. The first kappa shape index (κ1) is 17.8. The van der Waals surface area contributed by atoms with Gasteiger partial charge in [-0.3, -0.25) is 14.2 Å². The molecule has 1 aliphatic heterocycles. The molecule has 2 aromatic rings. The van der Waals surface area contributed by atoms with Gasteiger partial charge in [0.2, 0.25) is 0 Å². The second-order valence-corrected chi connectivity index (χ2v) is 8.50. The van der Waals surface area contributed by atoms with Crippen molar-refractivity contribution >= 4 is 28.9 Å². The number of amides is 1. The van der Waals surface area contributed by atoms with Crippen molar-refractivity contribution in [1.82, 2.24) is 18.8 Å². The van der Waals surface area contributed by atoms with E-state index in [9.17, 15) is 9.18 Å². The Morgan fingerprint density at radius 3 is 2.65 bits per heavy atom. The molecule has 2 heterocycles. The Kier molecular flexibility index (Phi) is 4.92. The Bertz CT molecular complexity index is 825. The molecule has 1 amide bonds. The molecule has 1 aliphatic carbocycles. The summed E-state index contributed by atoms with van der Waals surface area (Å²) in [5, 5.41) is 5.55. The third-order valence-electron chi connectivity index (χ3n) is 5.64. The predicted molar refractivity (Wildman–Crippen MR) is 102 cm³/mol. The monoisotopic (exact) mass is 376 g/mol. The third-order valence-corrected chi connectivity index (χ3v) is 6.54. The predicted octanol–water partition coefficient (Wildman–Crippen LogP) is 4.23. The highest BCUT2D eigenvalue weighted by Gasteiger charge is 2.24. The number of hydrogen-bond acceptors (Lipinski definition) is 4. The number of nitrogens with zero attached hydrogens (tertiary/aromatic N) is 3. The first-order valence-corrected chi connectivity index (χ1v) is 10.2. The normalized spacial score (nSPS) is 23.8. The molecule has 0 radical (unpaired) electrons. The lowest BCUT2D eigenvalue weighted by atomic mass is 9.87. The first-order chi connectivity index (χ1) is 12.5. The van der Waals surface area contributed by atoms with Crippen LogP contribution in [0, 0.1) is 18.7 Å². The van der Waals surface area contributed by atoms with Crippen molar-refractivity contribution in [3.63, 3.8) is 0 Å². The minimum Gasteiger partial charge on any atom is -0.283 e. The molecule has 26 heavy (non-hydrogen) atoms. The van der Waals surface area contributed by atoms with Crippen molar-refractivity contribution in [3.8, 4) is 0 Å². The van der Waals surface area contributed by atoms with Crippen LogP contribution >= 0.6 is 12.1 Å². The van der Waals surface area contributed by atoms with Crippen LogP contribution in [0.25, 0.3) is 10.9 Å². The number of halogens is 1. The minimum absolute atomic E-state index is 0.0884. The van der Waals surface area contributed by atoms with E-state index >= 15 is 0 Å². The summed E-state index contributed by atoms with van der Waals surface area (Å²) in [5.41, 5.74) is 1.74. The number of rotatable bonds is 4. The number of fused-ring (bicyclic) bond motifs is 1. The van der Waals surface area contributed by atoms with Gasteiger partial charge >= 0.3 is 0 Å². The van der Waals surface area contributed by atoms with Crippen LogP contribution in [0.1, 0.15) is 61.1 Å². The maximum Gasteiger partial charge on any atom is 0.265 e.